The van der Waals surface area contributed by atoms with Crippen molar-refractivity contribution < 1.29 is 0 Å². The average Bonchev–Trinajstić information content (AvgIpc) is 2.21. The first-order valence-electron chi connectivity index (χ1n) is 7.16. The lowest BCUT2D eigenvalue weighted by Gasteiger charge is -2.26. The van der Waals surface area contributed by atoms with Gasteiger partial charge in [0.15, 0.2) is 6.71 Å². The molecule has 0 amide bonds. The minimum absolute atomic E-state index is 0.789. The van der Waals surface area contributed by atoms with Crippen LogP contribution in [0.15, 0.2) is 22.3 Å². The molecule has 0 unspecified atom stereocenters. The Bertz CT molecular complexity index is 287. The maximum Gasteiger partial charge on any atom is 0.169 e. The lowest BCUT2D eigenvalue weighted by atomic mass is 9.40. The SMILES string of the molecule is CCB(CC)/C(CC)=C(/C=C(C)C)[Si](C)(C)C. The predicted molar refractivity (Wildman–Crippen MR) is 86.8 cm³/mol. The van der Waals surface area contributed by atoms with Crippen LogP contribution in [0.3, 0.4) is 0 Å². The molecule has 0 N–H and O–H groups in total. The zero-order valence-electron chi connectivity index (χ0n) is 13.3. The standard InChI is InChI=1S/C15H31BSi/c1-9-14(16(10-2)11-3)15(12-13(4)5)17(6,7)8/h12H,9-11H2,1-8H3/b15-14-. The first kappa shape index (κ1) is 16.8. The van der Waals surface area contributed by atoms with Gasteiger partial charge in [0.2, 0.25) is 0 Å². The van der Waals surface area contributed by atoms with Crippen molar-refractivity contribution >= 4 is 14.8 Å². The first-order valence-corrected chi connectivity index (χ1v) is 10.7. The Hall–Kier alpha value is -0.238. The molecule has 0 radical (unpaired) electrons. The molecule has 0 aliphatic rings. The monoisotopic (exact) mass is 250 g/mol. The molecule has 0 atom stereocenters. The molecule has 98 valence electrons. The molecule has 0 aromatic heterocycles. The van der Waals surface area contributed by atoms with Crippen LogP contribution in [0, 0.1) is 0 Å². The highest BCUT2D eigenvalue weighted by atomic mass is 28.3. The van der Waals surface area contributed by atoms with Gasteiger partial charge >= 0.3 is 0 Å². The quantitative estimate of drug-likeness (QED) is 0.424. The van der Waals surface area contributed by atoms with E-state index in [1.165, 1.54) is 24.6 Å². The first-order chi connectivity index (χ1) is 7.77. The van der Waals surface area contributed by atoms with Crippen molar-refractivity contribution in [3.05, 3.63) is 22.3 Å². The van der Waals surface area contributed by atoms with Gasteiger partial charge < -0.3 is 0 Å². The van der Waals surface area contributed by atoms with Gasteiger partial charge in [0, 0.05) is 0 Å². The molecule has 0 heterocycles. The summed E-state index contributed by atoms with van der Waals surface area (Å²) in [4.78, 5) is 0. The molecule has 0 rings (SSSR count). The van der Waals surface area contributed by atoms with Crippen molar-refractivity contribution in [1.82, 2.24) is 0 Å². The molecule has 0 aliphatic heterocycles. The summed E-state index contributed by atoms with van der Waals surface area (Å²) in [5, 5.41) is 1.70. The zero-order valence-corrected chi connectivity index (χ0v) is 14.3. The lowest BCUT2D eigenvalue weighted by molar-refractivity contribution is 1.14. The van der Waals surface area contributed by atoms with Crippen LogP contribution in [-0.2, 0) is 0 Å². The average molecular weight is 250 g/mol. The van der Waals surface area contributed by atoms with Gasteiger partial charge in [-0.1, -0.05) is 69.9 Å². The zero-order chi connectivity index (χ0) is 13.6. The van der Waals surface area contributed by atoms with E-state index in [0.29, 0.717) is 0 Å². The molecule has 0 saturated heterocycles. The van der Waals surface area contributed by atoms with Gasteiger partial charge in [-0.25, -0.2) is 0 Å². The molecule has 0 fully saturated rings. The molecular weight excluding hydrogens is 219 g/mol. The molecule has 0 spiro atoms. The van der Waals surface area contributed by atoms with Gasteiger partial charge in [-0.2, -0.15) is 0 Å². The molecule has 0 saturated carbocycles. The lowest BCUT2D eigenvalue weighted by Crippen LogP contribution is -2.29. The van der Waals surface area contributed by atoms with Gasteiger partial charge in [-0.15, -0.1) is 5.47 Å². The van der Waals surface area contributed by atoms with E-state index in [4.69, 9.17) is 0 Å². The van der Waals surface area contributed by atoms with E-state index in [0.717, 1.165) is 6.71 Å². The Kier molecular flexibility index (Phi) is 7.15. The van der Waals surface area contributed by atoms with Crippen LogP contribution >= 0.6 is 0 Å². The van der Waals surface area contributed by atoms with Crippen LogP contribution in [0.5, 0.6) is 0 Å². The van der Waals surface area contributed by atoms with Crippen LogP contribution in [0.25, 0.3) is 0 Å². The fourth-order valence-electron chi connectivity index (χ4n) is 2.56. The summed E-state index contributed by atoms with van der Waals surface area (Å²) < 4.78 is 0. The third-order valence-electron chi connectivity index (χ3n) is 3.45. The summed E-state index contributed by atoms with van der Waals surface area (Å²) in [6, 6.07) is 0. The van der Waals surface area contributed by atoms with E-state index in [1.54, 1.807) is 10.7 Å². The Morgan fingerprint density at radius 1 is 1.00 bits per heavy atom. The maximum atomic E-state index is 2.47. The number of hydrogen-bond acceptors (Lipinski definition) is 0. The molecule has 2 heteroatoms. The third kappa shape index (κ3) is 5.29. The van der Waals surface area contributed by atoms with Crippen molar-refractivity contribution in [1.29, 1.82) is 0 Å². The smallest absolute Gasteiger partial charge is 0.102 e. The van der Waals surface area contributed by atoms with Crippen molar-refractivity contribution in [2.45, 2.75) is 73.3 Å². The Morgan fingerprint density at radius 2 is 1.47 bits per heavy atom. The van der Waals surface area contributed by atoms with Gasteiger partial charge in [0.05, 0.1) is 8.07 Å². The van der Waals surface area contributed by atoms with E-state index in [1.807, 2.05) is 0 Å². The third-order valence-corrected chi connectivity index (χ3v) is 5.53. The largest absolute Gasteiger partial charge is 0.169 e. The van der Waals surface area contributed by atoms with Crippen LogP contribution in [-0.4, -0.2) is 14.8 Å². The highest BCUT2D eigenvalue weighted by molar-refractivity contribution is 6.85. The number of allylic oxidation sites excluding steroid dienone is 4. The van der Waals surface area contributed by atoms with Crippen molar-refractivity contribution in [3.8, 4) is 0 Å². The summed E-state index contributed by atoms with van der Waals surface area (Å²) in [6.07, 6.45) is 6.24. The summed E-state index contributed by atoms with van der Waals surface area (Å²) >= 11 is 0. The second-order valence-electron chi connectivity index (χ2n) is 6.28. The van der Waals surface area contributed by atoms with Crippen molar-refractivity contribution in [3.63, 3.8) is 0 Å². The number of hydrogen-bond donors (Lipinski definition) is 0. The topological polar surface area (TPSA) is 0 Å². The molecule has 0 aromatic carbocycles. The summed E-state index contributed by atoms with van der Waals surface area (Å²) in [5.74, 6) is 0. The molecule has 0 aromatic rings. The molecular formula is C15H31BSi. The van der Waals surface area contributed by atoms with Gasteiger partial charge in [0.25, 0.3) is 0 Å². The molecule has 0 nitrogen and oxygen atoms in total. The van der Waals surface area contributed by atoms with E-state index in [9.17, 15) is 0 Å². The van der Waals surface area contributed by atoms with Crippen LogP contribution < -0.4 is 0 Å². The van der Waals surface area contributed by atoms with Crippen LogP contribution in [0.2, 0.25) is 32.3 Å². The summed E-state index contributed by atoms with van der Waals surface area (Å²) in [7, 11) is -1.23. The minimum Gasteiger partial charge on any atom is -0.102 e. The fourth-order valence-corrected chi connectivity index (χ4v) is 4.63. The normalized spacial score (nSPS) is 13.2. The van der Waals surface area contributed by atoms with Crippen LogP contribution in [0.4, 0.5) is 0 Å². The Balaban J connectivity index is 5.69. The predicted octanol–water partition coefficient (Wildman–Crippen LogP) is 5.61. The highest BCUT2D eigenvalue weighted by Crippen LogP contribution is 2.27. The second kappa shape index (κ2) is 7.25. The van der Waals surface area contributed by atoms with Crippen molar-refractivity contribution in [2.24, 2.45) is 0 Å². The number of rotatable bonds is 6. The summed E-state index contributed by atoms with van der Waals surface area (Å²) in [5.41, 5.74) is 3.18. The second-order valence-corrected chi connectivity index (χ2v) is 11.3. The highest BCUT2D eigenvalue weighted by Gasteiger charge is 2.25. The van der Waals surface area contributed by atoms with Crippen molar-refractivity contribution in [2.75, 3.05) is 0 Å². The summed E-state index contributed by atoms with van der Waals surface area (Å²) in [6.45, 7) is 19.6. The van der Waals surface area contributed by atoms with Gasteiger partial charge in [-0.05, 0) is 20.3 Å². The molecule has 0 bridgehead atoms. The van der Waals surface area contributed by atoms with E-state index < -0.39 is 8.07 Å². The van der Waals surface area contributed by atoms with Crippen LogP contribution in [0.1, 0.15) is 41.0 Å². The Labute approximate surface area is 111 Å². The Morgan fingerprint density at radius 3 is 1.71 bits per heavy atom. The fraction of sp³-hybridized carbons (Fsp3) is 0.733. The van der Waals surface area contributed by atoms with Gasteiger partial charge in [-0.3, -0.25) is 0 Å². The maximum absolute atomic E-state index is 2.47. The van der Waals surface area contributed by atoms with E-state index >= 15 is 0 Å². The molecule has 0 aliphatic carbocycles. The molecule has 17 heavy (non-hydrogen) atoms. The minimum atomic E-state index is -1.23. The van der Waals surface area contributed by atoms with E-state index in [-0.39, 0.29) is 0 Å². The van der Waals surface area contributed by atoms with Gasteiger partial charge in [0.1, 0.15) is 0 Å². The van der Waals surface area contributed by atoms with E-state index in [2.05, 4.69) is 60.3 Å².